The third kappa shape index (κ3) is 9.28. The number of aliphatic imine (C=N–C) groups is 1. The van der Waals surface area contributed by atoms with Crippen molar-refractivity contribution in [3.05, 3.63) is 45.4 Å². The van der Waals surface area contributed by atoms with Crippen molar-refractivity contribution in [1.82, 2.24) is 15.1 Å². The zero-order chi connectivity index (χ0) is 25.6. The highest BCUT2D eigenvalue weighted by molar-refractivity contribution is 5.97. The molecule has 2 N–H and O–H groups in total. The molecule has 2 rings (SSSR count). The number of rotatable bonds is 15. The van der Waals surface area contributed by atoms with E-state index in [4.69, 9.17) is 10.1 Å². The Labute approximate surface area is 208 Å². The highest BCUT2D eigenvalue weighted by Crippen LogP contribution is 2.24. The summed E-state index contributed by atoms with van der Waals surface area (Å²) in [7, 11) is 0. The average molecular weight is 489 g/mol. The first-order chi connectivity index (χ1) is 16.9. The lowest BCUT2D eigenvalue weighted by molar-refractivity contribution is -0.417. The normalized spacial score (nSPS) is 18.5. The van der Waals surface area contributed by atoms with Crippen molar-refractivity contribution in [2.45, 2.75) is 52.4 Å². The van der Waals surface area contributed by atoms with Gasteiger partial charge >= 0.3 is 11.7 Å². The molecule has 0 aromatic carbocycles. The maximum absolute atomic E-state index is 12.5. The molecule has 0 aromatic heterocycles. The number of carbonyl (C=O) groups excluding carboxylic acids is 1. The maximum Gasteiger partial charge on any atom is 0.352 e. The lowest BCUT2D eigenvalue weighted by atomic mass is 9.93. The summed E-state index contributed by atoms with van der Waals surface area (Å²) in [6.07, 6.45) is 12.3. The number of amidine groups is 1. The van der Waals surface area contributed by atoms with Gasteiger partial charge in [0.05, 0.1) is 11.5 Å². The standard InChI is InChI=1S/C25H40N6O4/c1-4-6-7-13-28-25(23(31(33)34)24(26)27-3)30(19-22(32)35-5-2)18-21-12-10-11-20(16-21)17-29-14-8-9-15-29/h10-12,20,26,28H,3-9,13-19H2,1-2H3. The lowest BCUT2D eigenvalue weighted by Gasteiger charge is -2.30. The summed E-state index contributed by atoms with van der Waals surface area (Å²) in [6.45, 7) is 11.1. The fraction of sp³-hybridized carbons (Fsp3) is 0.640. The van der Waals surface area contributed by atoms with Crippen LogP contribution in [0.15, 0.2) is 40.3 Å². The number of esters is 1. The molecule has 1 aliphatic carbocycles. The zero-order valence-electron chi connectivity index (χ0n) is 21.1. The molecule has 1 atom stereocenters. The number of likely N-dealkylation sites (tertiary alicyclic amines) is 1. The van der Waals surface area contributed by atoms with E-state index in [1.807, 2.05) is 12.2 Å². The van der Waals surface area contributed by atoms with Gasteiger partial charge in [0.2, 0.25) is 5.84 Å². The highest BCUT2D eigenvalue weighted by atomic mass is 16.6. The molecular weight excluding hydrogens is 448 g/mol. The Balaban J connectivity index is 2.32. The van der Waals surface area contributed by atoms with E-state index in [-0.39, 0.29) is 19.0 Å². The number of nitro groups is 1. The maximum atomic E-state index is 12.5. The van der Waals surface area contributed by atoms with Crippen molar-refractivity contribution in [3.63, 3.8) is 0 Å². The van der Waals surface area contributed by atoms with Crippen LogP contribution in [0.3, 0.4) is 0 Å². The Morgan fingerprint density at radius 3 is 2.74 bits per heavy atom. The lowest BCUT2D eigenvalue weighted by Crippen LogP contribution is -2.41. The molecule has 1 heterocycles. The second-order valence-corrected chi connectivity index (χ2v) is 8.94. The fourth-order valence-electron chi connectivity index (χ4n) is 4.47. The van der Waals surface area contributed by atoms with Gasteiger partial charge in [0.1, 0.15) is 6.54 Å². The largest absolute Gasteiger partial charge is 0.465 e. The number of hydrogen-bond acceptors (Lipinski definition) is 8. The first kappa shape index (κ1) is 28.2. The molecule has 194 valence electrons. The van der Waals surface area contributed by atoms with E-state index in [0.29, 0.717) is 19.0 Å². The fourth-order valence-corrected chi connectivity index (χ4v) is 4.47. The van der Waals surface area contributed by atoms with Crippen LogP contribution < -0.4 is 5.32 Å². The van der Waals surface area contributed by atoms with E-state index in [2.05, 4.69) is 34.9 Å². The number of allylic oxidation sites excluding steroid dienone is 2. The van der Waals surface area contributed by atoms with E-state index in [9.17, 15) is 14.9 Å². The summed E-state index contributed by atoms with van der Waals surface area (Å²) in [5.74, 6) is -0.582. The van der Waals surface area contributed by atoms with Crippen LogP contribution in [0.5, 0.6) is 0 Å². The number of nitrogens with one attached hydrogen (secondary N) is 2. The summed E-state index contributed by atoms with van der Waals surface area (Å²) in [4.78, 5) is 31.4. The topological polar surface area (TPSA) is 124 Å². The van der Waals surface area contributed by atoms with Crippen molar-refractivity contribution in [2.75, 3.05) is 45.9 Å². The van der Waals surface area contributed by atoms with Crippen molar-refractivity contribution < 1.29 is 14.5 Å². The van der Waals surface area contributed by atoms with Gasteiger partial charge in [0.15, 0.2) is 5.82 Å². The van der Waals surface area contributed by atoms with E-state index in [1.165, 1.54) is 12.8 Å². The zero-order valence-corrected chi connectivity index (χ0v) is 21.1. The van der Waals surface area contributed by atoms with Gasteiger partial charge in [-0.25, -0.2) is 4.99 Å². The van der Waals surface area contributed by atoms with Gasteiger partial charge in [-0.15, -0.1) is 0 Å². The number of carbonyl (C=O) groups is 1. The van der Waals surface area contributed by atoms with Gasteiger partial charge in [-0.05, 0) is 58.3 Å². The Morgan fingerprint density at radius 1 is 1.37 bits per heavy atom. The third-order valence-electron chi connectivity index (χ3n) is 6.13. The van der Waals surface area contributed by atoms with Crippen molar-refractivity contribution in [3.8, 4) is 0 Å². The Kier molecular flexibility index (Phi) is 12.2. The quantitative estimate of drug-likeness (QED) is 0.0904. The predicted octanol–water partition coefficient (Wildman–Crippen LogP) is 3.35. The van der Waals surface area contributed by atoms with E-state index >= 15 is 0 Å². The molecule has 2 aliphatic rings. The summed E-state index contributed by atoms with van der Waals surface area (Å²) in [5, 5.41) is 23.2. The molecule has 1 aliphatic heterocycles. The highest BCUT2D eigenvalue weighted by Gasteiger charge is 2.30. The Morgan fingerprint density at radius 2 is 2.11 bits per heavy atom. The van der Waals surface area contributed by atoms with Crippen LogP contribution in [0.2, 0.25) is 0 Å². The molecule has 0 bridgehead atoms. The minimum absolute atomic E-state index is 0.100. The van der Waals surface area contributed by atoms with E-state index in [1.54, 1.807) is 11.8 Å². The second kappa shape index (κ2) is 15.1. The second-order valence-electron chi connectivity index (χ2n) is 8.94. The molecule has 0 spiro atoms. The summed E-state index contributed by atoms with van der Waals surface area (Å²) >= 11 is 0. The molecule has 0 saturated carbocycles. The molecule has 1 saturated heterocycles. The van der Waals surface area contributed by atoms with Crippen molar-refractivity contribution in [1.29, 1.82) is 5.41 Å². The smallest absolute Gasteiger partial charge is 0.352 e. The van der Waals surface area contributed by atoms with Crippen molar-refractivity contribution >= 4 is 18.5 Å². The van der Waals surface area contributed by atoms with Crippen LogP contribution in [0.25, 0.3) is 0 Å². The minimum atomic E-state index is -0.636. The first-order valence-electron chi connectivity index (χ1n) is 12.6. The minimum Gasteiger partial charge on any atom is -0.465 e. The third-order valence-corrected chi connectivity index (χ3v) is 6.13. The molecule has 35 heavy (non-hydrogen) atoms. The van der Waals surface area contributed by atoms with Crippen LogP contribution >= 0.6 is 0 Å². The SMILES string of the molecule is C=NC(=N)C(=C(NCCCCC)N(CC(=O)OCC)CC1=CC=CC(CN2CCCC2)C1)[N+](=O)[O-]. The number of ether oxygens (including phenoxy) is 1. The van der Waals surface area contributed by atoms with Gasteiger partial charge in [-0.2, -0.15) is 0 Å². The van der Waals surface area contributed by atoms with Gasteiger partial charge in [-0.3, -0.25) is 20.3 Å². The van der Waals surface area contributed by atoms with Gasteiger partial charge in [-0.1, -0.05) is 43.6 Å². The molecule has 10 nitrogen and oxygen atoms in total. The number of hydrogen-bond donors (Lipinski definition) is 2. The number of nitrogens with zero attached hydrogens (tertiary/aromatic N) is 4. The predicted molar refractivity (Wildman–Crippen MR) is 138 cm³/mol. The van der Waals surface area contributed by atoms with Crippen LogP contribution in [0.1, 0.15) is 52.4 Å². The van der Waals surface area contributed by atoms with Crippen LogP contribution in [-0.4, -0.2) is 79.1 Å². The molecule has 0 amide bonds. The van der Waals surface area contributed by atoms with Gasteiger partial charge < -0.3 is 19.9 Å². The van der Waals surface area contributed by atoms with Crippen LogP contribution in [0, 0.1) is 21.4 Å². The first-order valence-corrected chi connectivity index (χ1v) is 12.6. The molecule has 10 heteroatoms. The molecule has 0 radical (unpaired) electrons. The van der Waals surface area contributed by atoms with Gasteiger partial charge in [0.25, 0.3) is 0 Å². The van der Waals surface area contributed by atoms with Gasteiger partial charge in [0, 0.05) is 19.6 Å². The average Bonchev–Trinajstić information content (AvgIpc) is 3.33. The summed E-state index contributed by atoms with van der Waals surface area (Å²) < 4.78 is 5.16. The number of unbranched alkanes of at least 4 members (excludes halogenated alkanes) is 2. The monoisotopic (exact) mass is 488 g/mol. The Bertz CT molecular complexity index is 845. The van der Waals surface area contributed by atoms with Crippen LogP contribution in [0.4, 0.5) is 0 Å². The Hall–Kier alpha value is -3.01. The van der Waals surface area contributed by atoms with Crippen molar-refractivity contribution in [2.24, 2.45) is 10.9 Å². The van der Waals surface area contributed by atoms with E-state index < -0.39 is 22.4 Å². The summed E-state index contributed by atoms with van der Waals surface area (Å²) in [6, 6.07) is 0. The van der Waals surface area contributed by atoms with E-state index in [0.717, 1.165) is 50.9 Å². The van der Waals surface area contributed by atoms with Crippen LogP contribution in [-0.2, 0) is 9.53 Å². The summed E-state index contributed by atoms with van der Waals surface area (Å²) in [5.41, 5.74) is 0.566. The molecule has 1 fully saturated rings. The molecular formula is C25H40N6O4. The molecule has 0 aromatic rings. The molecule has 1 unspecified atom stereocenters.